The fourth-order valence-corrected chi connectivity index (χ4v) is 13.6. The number of aliphatic hydroxyl groups is 2. The number of hydrogen-bond donors (Lipinski definition) is 2. The van der Waals surface area contributed by atoms with Crippen LogP contribution in [0.15, 0.2) is 46.6 Å². The first-order valence-electron chi connectivity index (χ1n) is 22.3. The molecule has 0 radical (unpaired) electrons. The summed E-state index contributed by atoms with van der Waals surface area (Å²) in [7, 11) is 0. The van der Waals surface area contributed by atoms with Crippen LogP contribution < -0.4 is 0 Å². The van der Waals surface area contributed by atoms with Crippen molar-refractivity contribution in [3.8, 4) is 0 Å². The summed E-state index contributed by atoms with van der Waals surface area (Å²) in [6.45, 7) is 27.9. The third kappa shape index (κ3) is 9.11. The second-order valence-corrected chi connectivity index (χ2v) is 21.6. The molecule has 2 N–H and O–H groups in total. The number of rotatable bonds is 8. The van der Waals surface area contributed by atoms with Crippen molar-refractivity contribution < 1.29 is 10.2 Å². The first-order chi connectivity index (χ1) is 24.3. The normalized spacial score (nSPS) is 45.7. The van der Waals surface area contributed by atoms with Gasteiger partial charge in [0.05, 0.1) is 11.2 Å². The Kier molecular flexibility index (Phi) is 13.4. The molecule has 0 aromatic rings. The zero-order valence-electron chi connectivity index (χ0n) is 36.3. The largest absolute Gasteiger partial charge is 0.390 e. The van der Waals surface area contributed by atoms with E-state index in [0.717, 1.165) is 48.3 Å². The van der Waals surface area contributed by atoms with E-state index in [0.29, 0.717) is 34.5 Å². The molecule has 52 heavy (non-hydrogen) atoms. The van der Waals surface area contributed by atoms with E-state index >= 15 is 0 Å². The summed E-state index contributed by atoms with van der Waals surface area (Å²) in [4.78, 5) is 0. The Bertz CT molecular complexity index is 1230. The molecule has 6 aliphatic rings. The van der Waals surface area contributed by atoms with Gasteiger partial charge in [0, 0.05) is 0 Å². The number of allylic oxidation sites excluding steroid dienone is 8. The Morgan fingerprint density at radius 2 is 0.981 bits per heavy atom. The van der Waals surface area contributed by atoms with Crippen molar-refractivity contribution >= 4 is 0 Å². The lowest BCUT2D eigenvalue weighted by atomic mass is 9.63. The second kappa shape index (κ2) is 16.5. The molecule has 0 bridgehead atoms. The standard InChI is InChI=1S/2C25H42O/c2*1-17(2)8-7-9-18(3)20-12-14-24(5)16-23-21(13-15-25(23,6)26)19(4)10-11-22(20)24/h2*8,10,18,20-23,26H,7,9,11-16H2,1-6H3/b2*19-10-/t2*18-,20+,21+,22-,23-,24+,25+/m00/s1. The van der Waals surface area contributed by atoms with Crippen molar-refractivity contribution in [1.82, 2.24) is 0 Å². The van der Waals surface area contributed by atoms with E-state index < -0.39 is 11.2 Å². The predicted molar refractivity (Wildman–Crippen MR) is 224 cm³/mol. The Balaban J connectivity index is 0.000000201. The van der Waals surface area contributed by atoms with Crippen LogP contribution in [0.1, 0.15) is 186 Å². The molecule has 14 atom stereocenters. The molecule has 0 heterocycles. The minimum Gasteiger partial charge on any atom is -0.390 e. The minimum atomic E-state index is -0.460. The van der Waals surface area contributed by atoms with Gasteiger partial charge in [-0.2, -0.15) is 0 Å². The van der Waals surface area contributed by atoms with Crippen LogP contribution in [-0.4, -0.2) is 21.4 Å². The van der Waals surface area contributed by atoms with Gasteiger partial charge >= 0.3 is 0 Å². The highest BCUT2D eigenvalue weighted by molar-refractivity contribution is 5.18. The zero-order valence-corrected chi connectivity index (χ0v) is 36.3. The highest BCUT2D eigenvalue weighted by Crippen LogP contribution is 2.62. The van der Waals surface area contributed by atoms with Gasteiger partial charge in [-0.05, 0) is 228 Å². The molecular formula is C50H84O2. The lowest BCUT2D eigenvalue weighted by Crippen LogP contribution is -2.39. The summed E-state index contributed by atoms with van der Waals surface area (Å²) in [5, 5.41) is 22.1. The van der Waals surface area contributed by atoms with Gasteiger partial charge < -0.3 is 10.2 Å². The average Bonchev–Trinajstić information content (AvgIpc) is 3.73. The molecule has 0 amide bonds. The minimum absolute atomic E-state index is 0.421. The van der Waals surface area contributed by atoms with Crippen LogP contribution in [0.2, 0.25) is 0 Å². The Labute approximate surface area is 322 Å². The van der Waals surface area contributed by atoms with Crippen molar-refractivity contribution in [1.29, 1.82) is 0 Å². The molecule has 0 aliphatic heterocycles. The SMILES string of the molecule is CC(C)=CCC[C@H](C)[C@H]1CC[C@]2(C)C[C@H]3[C@H](CC[C@@]3(C)O)/C(C)=C\C[C@@H]12.CC(C)=CCC[C@H](C)[C@H]1CC[C@]2(C)C[C@H]3[C@H](CC[C@@]3(C)O)/C(C)=C\C[C@@H]12. The van der Waals surface area contributed by atoms with Gasteiger partial charge in [0.25, 0.3) is 0 Å². The van der Waals surface area contributed by atoms with E-state index in [1.807, 2.05) is 0 Å². The highest BCUT2D eigenvalue weighted by atomic mass is 16.3. The molecule has 0 aromatic carbocycles. The molecular weight excluding hydrogens is 633 g/mol. The maximum absolute atomic E-state index is 11.1. The maximum atomic E-state index is 11.1. The molecule has 0 unspecified atom stereocenters. The quantitative estimate of drug-likeness (QED) is 0.246. The van der Waals surface area contributed by atoms with Crippen LogP contribution in [0.25, 0.3) is 0 Å². The molecule has 0 spiro atoms. The summed E-state index contributed by atoms with van der Waals surface area (Å²) < 4.78 is 0. The van der Waals surface area contributed by atoms with Crippen molar-refractivity contribution in [3.05, 3.63) is 46.6 Å². The van der Waals surface area contributed by atoms with E-state index in [9.17, 15) is 10.2 Å². The van der Waals surface area contributed by atoms with Crippen molar-refractivity contribution in [2.24, 2.45) is 70.0 Å². The third-order valence-corrected chi connectivity index (χ3v) is 17.2. The molecule has 0 aromatic heterocycles. The van der Waals surface area contributed by atoms with Crippen LogP contribution in [0, 0.1) is 70.0 Å². The zero-order chi connectivity index (χ0) is 38.2. The Morgan fingerprint density at radius 3 is 1.33 bits per heavy atom. The predicted octanol–water partition coefficient (Wildman–Crippen LogP) is 13.8. The second-order valence-electron chi connectivity index (χ2n) is 21.6. The summed E-state index contributed by atoms with van der Waals surface area (Å²) in [5.74, 6) is 7.12. The topological polar surface area (TPSA) is 40.5 Å². The lowest BCUT2D eigenvalue weighted by Gasteiger charge is -2.43. The molecule has 6 aliphatic carbocycles. The molecule has 6 rings (SSSR count). The van der Waals surface area contributed by atoms with Crippen LogP contribution in [0.5, 0.6) is 0 Å². The molecule has 296 valence electrons. The van der Waals surface area contributed by atoms with E-state index in [-0.39, 0.29) is 0 Å². The first kappa shape index (κ1) is 42.0. The van der Waals surface area contributed by atoms with Crippen LogP contribution in [-0.2, 0) is 0 Å². The molecule has 0 saturated heterocycles. The van der Waals surface area contributed by atoms with Crippen LogP contribution in [0.4, 0.5) is 0 Å². The summed E-state index contributed by atoms with van der Waals surface area (Å²) in [6, 6.07) is 0. The van der Waals surface area contributed by atoms with Crippen molar-refractivity contribution in [2.75, 3.05) is 0 Å². The fourth-order valence-electron chi connectivity index (χ4n) is 13.6. The number of fused-ring (bicyclic) bond motifs is 4. The Hall–Kier alpha value is -1.12. The van der Waals surface area contributed by atoms with Gasteiger partial charge in [0.2, 0.25) is 0 Å². The summed E-state index contributed by atoms with van der Waals surface area (Å²) in [6.07, 6.45) is 29.9. The maximum Gasteiger partial charge on any atom is 0.0653 e. The van der Waals surface area contributed by atoms with E-state index in [1.165, 1.54) is 101 Å². The van der Waals surface area contributed by atoms with Crippen molar-refractivity contribution in [2.45, 2.75) is 197 Å². The number of hydrogen-bond acceptors (Lipinski definition) is 2. The average molecular weight is 717 g/mol. The van der Waals surface area contributed by atoms with Gasteiger partial charge in [0.1, 0.15) is 0 Å². The fraction of sp³-hybridized carbons (Fsp3) is 0.840. The van der Waals surface area contributed by atoms with E-state index in [4.69, 9.17) is 0 Å². The van der Waals surface area contributed by atoms with Gasteiger partial charge in [-0.15, -0.1) is 0 Å². The van der Waals surface area contributed by atoms with Crippen LogP contribution >= 0.6 is 0 Å². The van der Waals surface area contributed by atoms with Crippen LogP contribution in [0.3, 0.4) is 0 Å². The third-order valence-electron chi connectivity index (χ3n) is 17.2. The molecule has 4 saturated carbocycles. The monoisotopic (exact) mass is 717 g/mol. The van der Waals surface area contributed by atoms with Gasteiger partial charge in [-0.25, -0.2) is 0 Å². The Morgan fingerprint density at radius 1 is 0.615 bits per heavy atom. The first-order valence-corrected chi connectivity index (χ1v) is 22.3. The van der Waals surface area contributed by atoms with E-state index in [2.05, 4.69) is 107 Å². The molecule has 4 fully saturated rings. The summed E-state index contributed by atoms with van der Waals surface area (Å²) in [5.41, 5.74) is 5.96. The lowest BCUT2D eigenvalue weighted by molar-refractivity contribution is -0.0185. The highest BCUT2D eigenvalue weighted by Gasteiger charge is 2.55. The van der Waals surface area contributed by atoms with Gasteiger partial charge in [0.15, 0.2) is 0 Å². The van der Waals surface area contributed by atoms with Gasteiger partial charge in [-0.1, -0.05) is 74.3 Å². The van der Waals surface area contributed by atoms with Crippen molar-refractivity contribution in [3.63, 3.8) is 0 Å². The molecule has 2 heteroatoms. The smallest absolute Gasteiger partial charge is 0.0653 e. The van der Waals surface area contributed by atoms with Gasteiger partial charge in [-0.3, -0.25) is 0 Å². The molecule has 2 nitrogen and oxygen atoms in total. The van der Waals surface area contributed by atoms with E-state index in [1.54, 1.807) is 11.1 Å². The summed E-state index contributed by atoms with van der Waals surface area (Å²) >= 11 is 0.